The molecular formula is C12H22N2. The summed E-state index contributed by atoms with van der Waals surface area (Å²) in [5, 5.41) is 8.60. The van der Waals surface area contributed by atoms with Gasteiger partial charge in [-0.25, -0.2) is 0 Å². The Morgan fingerprint density at radius 1 is 1.14 bits per heavy atom. The lowest BCUT2D eigenvalue weighted by atomic mass is 10.0. The Kier molecular flexibility index (Phi) is 5.63. The van der Waals surface area contributed by atoms with Gasteiger partial charge in [0.1, 0.15) is 0 Å². The van der Waals surface area contributed by atoms with Crippen molar-refractivity contribution in [1.82, 2.24) is 4.90 Å². The third-order valence-electron chi connectivity index (χ3n) is 2.97. The number of hydrogen-bond acceptors (Lipinski definition) is 2. The average molecular weight is 194 g/mol. The fourth-order valence-corrected chi connectivity index (χ4v) is 1.95. The summed E-state index contributed by atoms with van der Waals surface area (Å²) in [7, 11) is 0. The highest BCUT2D eigenvalue weighted by molar-refractivity contribution is 4.94. The molecule has 1 aliphatic heterocycles. The zero-order chi connectivity index (χ0) is 10.2. The second-order valence-electron chi connectivity index (χ2n) is 4.35. The summed E-state index contributed by atoms with van der Waals surface area (Å²) in [6.07, 6.45) is 8.20. The van der Waals surface area contributed by atoms with Gasteiger partial charge < -0.3 is 4.90 Å². The SMILES string of the molecule is CCCCCCCCN1CC(C#N)C1. The topological polar surface area (TPSA) is 27.0 Å². The smallest absolute Gasteiger partial charge is 0.0717 e. The van der Waals surface area contributed by atoms with Crippen LogP contribution in [0.3, 0.4) is 0 Å². The zero-order valence-electron chi connectivity index (χ0n) is 9.34. The molecule has 0 aliphatic carbocycles. The van der Waals surface area contributed by atoms with Crippen molar-refractivity contribution in [3.05, 3.63) is 0 Å². The van der Waals surface area contributed by atoms with E-state index in [4.69, 9.17) is 5.26 Å². The molecule has 80 valence electrons. The van der Waals surface area contributed by atoms with E-state index in [1.54, 1.807) is 0 Å². The van der Waals surface area contributed by atoms with Gasteiger partial charge in [-0.05, 0) is 13.0 Å². The van der Waals surface area contributed by atoms with Crippen molar-refractivity contribution in [2.45, 2.75) is 45.4 Å². The molecule has 1 aliphatic rings. The van der Waals surface area contributed by atoms with Gasteiger partial charge in [-0.15, -0.1) is 0 Å². The van der Waals surface area contributed by atoms with Crippen molar-refractivity contribution in [3.8, 4) is 6.07 Å². The lowest BCUT2D eigenvalue weighted by Crippen LogP contribution is -2.46. The number of hydrogen-bond donors (Lipinski definition) is 0. The van der Waals surface area contributed by atoms with E-state index in [-0.39, 0.29) is 0 Å². The van der Waals surface area contributed by atoms with Crippen molar-refractivity contribution in [3.63, 3.8) is 0 Å². The highest BCUT2D eigenvalue weighted by Crippen LogP contribution is 2.15. The molecular weight excluding hydrogens is 172 g/mol. The maximum Gasteiger partial charge on any atom is 0.0717 e. The fourth-order valence-electron chi connectivity index (χ4n) is 1.95. The Morgan fingerprint density at radius 3 is 2.43 bits per heavy atom. The van der Waals surface area contributed by atoms with Gasteiger partial charge in [0.2, 0.25) is 0 Å². The van der Waals surface area contributed by atoms with Crippen molar-refractivity contribution in [2.75, 3.05) is 19.6 Å². The summed E-state index contributed by atoms with van der Waals surface area (Å²) in [5.74, 6) is 0.329. The molecule has 14 heavy (non-hydrogen) atoms. The second-order valence-corrected chi connectivity index (χ2v) is 4.35. The maximum atomic E-state index is 8.60. The largest absolute Gasteiger partial charge is 0.301 e. The van der Waals surface area contributed by atoms with Crippen molar-refractivity contribution >= 4 is 0 Å². The van der Waals surface area contributed by atoms with Crippen LogP contribution in [0.1, 0.15) is 45.4 Å². The summed E-state index contributed by atoms with van der Waals surface area (Å²) < 4.78 is 0. The minimum atomic E-state index is 0.329. The van der Waals surface area contributed by atoms with Crippen LogP contribution in [-0.4, -0.2) is 24.5 Å². The van der Waals surface area contributed by atoms with E-state index >= 15 is 0 Å². The summed E-state index contributed by atoms with van der Waals surface area (Å²) in [6, 6.07) is 2.31. The normalized spacial score (nSPS) is 17.7. The van der Waals surface area contributed by atoms with Crippen LogP contribution in [0.2, 0.25) is 0 Å². The molecule has 0 bridgehead atoms. The molecule has 0 aromatic rings. The standard InChI is InChI=1S/C12H22N2/c1-2-3-4-5-6-7-8-14-10-12(9-13)11-14/h12H,2-8,10-11H2,1H3. The maximum absolute atomic E-state index is 8.60. The number of nitriles is 1. The van der Waals surface area contributed by atoms with Gasteiger partial charge in [0, 0.05) is 13.1 Å². The summed E-state index contributed by atoms with van der Waals surface area (Å²) in [5.41, 5.74) is 0. The van der Waals surface area contributed by atoms with Gasteiger partial charge in [0.25, 0.3) is 0 Å². The van der Waals surface area contributed by atoms with E-state index in [2.05, 4.69) is 17.9 Å². The van der Waals surface area contributed by atoms with Gasteiger partial charge in [0.15, 0.2) is 0 Å². The first kappa shape index (κ1) is 11.5. The van der Waals surface area contributed by atoms with E-state index in [9.17, 15) is 0 Å². The van der Waals surface area contributed by atoms with Crippen LogP contribution in [-0.2, 0) is 0 Å². The summed E-state index contributed by atoms with van der Waals surface area (Å²) in [6.45, 7) is 5.50. The predicted molar refractivity (Wildman–Crippen MR) is 58.9 cm³/mol. The quantitative estimate of drug-likeness (QED) is 0.583. The predicted octanol–water partition coefficient (Wildman–Crippen LogP) is 2.80. The number of likely N-dealkylation sites (tertiary alicyclic amines) is 1. The Hall–Kier alpha value is -0.550. The molecule has 1 heterocycles. The molecule has 0 aromatic carbocycles. The van der Waals surface area contributed by atoms with Crippen LogP contribution in [0.15, 0.2) is 0 Å². The van der Waals surface area contributed by atoms with E-state index < -0.39 is 0 Å². The molecule has 0 saturated carbocycles. The first-order valence-corrected chi connectivity index (χ1v) is 5.98. The molecule has 0 N–H and O–H groups in total. The van der Waals surface area contributed by atoms with E-state index in [0.717, 1.165) is 13.1 Å². The molecule has 0 atom stereocenters. The molecule has 0 aromatic heterocycles. The van der Waals surface area contributed by atoms with Crippen molar-refractivity contribution in [1.29, 1.82) is 5.26 Å². The third kappa shape index (κ3) is 4.11. The van der Waals surface area contributed by atoms with Crippen LogP contribution in [0.25, 0.3) is 0 Å². The lowest BCUT2D eigenvalue weighted by Gasteiger charge is -2.35. The minimum Gasteiger partial charge on any atom is -0.301 e. The molecule has 1 fully saturated rings. The first-order valence-electron chi connectivity index (χ1n) is 5.98. The zero-order valence-corrected chi connectivity index (χ0v) is 9.34. The van der Waals surface area contributed by atoms with Crippen LogP contribution in [0.5, 0.6) is 0 Å². The summed E-state index contributed by atoms with van der Waals surface area (Å²) >= 11 is 0. The van der Waals surface area contributed by atoms with Gasteiger partial charge in [0.05, 0.1) is 12.0 Å². The molecule has 0 radical (unpaired) electrons. The van der Waals surface area contributed by atoms with Gasteiger partial charge >= 0.3 is 0 Å². The molecule has 0 amide bonds. The second kappa shape index (κ2) is 6.84. The number of rotatable bonds is 7. The Bertz CT molecular complexity index is 177. The van der Waals surface area contributed by atoms with Crippen molar-refractivity contribution < 1.29 is 0 Å². The van der Waals surface area contributed by atoms with E-state index in [1.165, 1.54) is 45.1 Å². The Labute approximate surface area is 87.9 Å². The van der Waals surface area contributed by atoms with Gasteiger partial charge in [-0.2, -0.15) is 5.26 Å². The fraction of sp³-hybridized carbons (Fsp3) is 0.917. The monoisotopic (exact) mass is 194 g/mol. The first-order chi connectivity index (χ1) is 6.86. The number of unbranched alkanes of at least 4 members (excludes halogenated alkanes) is 5. The van der Waals surface area contributed by atoms with Crippen LogP contribution in [0.4, 0.5) is 0 Å². The molecule has 0 spiro atoms. The number of nitrogens with zero attached hydrogens (tertiary/aromatic N) is 2. The molecule has 2 nitrogen and oxygen atoms in total. The van der Waals surface area contributed by atoms with Crippen LogP contribution < -0.4 is 0 Å². The van der Waals surface area contributed by atoms with Crippen LogP contribution in [0, 0.1) is 17.2 Å². The average Bonchev–Trinajstić information content (AvgIpc) is 2.14. The third-order valence-corrected chi connectivity index (χ3v) is 2.97. The van der Waals surface area contributed by atoms with E-state index in [0.29, 0.717) is 5.92 Å². The summed E-state index contributed by atoms with van der Waals surface area (Å²) in [4.78, 5) is 2.40. The lowest BCUT2D eigenvalue weighted by molar-refractivity contribution is 0.132. The molecule has 1 rings (SSSR count). The molecule has 1 saturated heterocycles. The molecule has 2 heteroatoms. The van der Waals surface area contributed by atoms with Crippen molar-refractivity contribution in [2.24, 2.45) is 5.92 Å². The van der Waals surface area contributed by atoms with Gasteiger partial charge in [-0.3, -0.25) is 0 Å². The van der Waals surface area contributed by atoms with E-state index in [1.807, 2.05) is 0 Å². The highest BCUT2D eigenvalue weighted by Gasteiger charge is 2.24. The minimum absolute atomic E-state index is 0.329. The van der Waals surface area contributed by atoms with Gasteiger partial charge in [-0.1, -0.05) is 39.0 Å². The van der Waals surface area contributed by atoms with Crippen LogP contribution >= 0.6 is 0 Å². The Balaban J connectivity index is 1.80. The Morgan fingerprint density at radius 2 is 1.79 bits per heavy atom. The molecule has 0 unspecified atom stereocenters. The highest BCUT2D eigenvalue weighted by atomic mass is 15.2.